The molecule has 0 unspecified atom stereocenters. The SMILES string of the molecule is CC(=O)N[C@@H](Cc1cc(O)cc(F)c1)[C@H](O)CNC1(c2cccc(C(C)C)c2)CCCCC1.Cl. The first-order valence-corrected chi connectivity index (χ1v) is 12.0. The first-order chi connectivity index (χ1) is 15.7. The van der Waals surface area contributed by atoms with Crippen LogP contribution in [0.5, 0.6) is 5.75 Å². The molecule has 0 heterocycles. The predicted molar refractivity (Wildman–Crippen MR) is 136 cm³/mol. The van der Waals surface area contributed by atoms with E-state index < -0.39 is 18.0 Å². The maximum absolute atomic E-state index is 13.7. The Hall–Kier alpha value is -2.15. The van der Waals surface area contributed by atoms with Crippen LogP contribution in [0.3, 0.4) is 0 Å². The second-order valence-corrected chi connectivity index (χ2v) is 9.70. The lowest BCUT2D eigenvalue weighted by Crippen LogP contribution is -2.53. The summed E-state index contributed by atoms with van der Waals surface area (Å²) in [6.07, 6.45) is 4.75. The molecule has 5 nitrogen and oxygen atoms in total. The van der Waals surface area contributed by atoms with Crippen LogP contribution < -0.4 is 10.6 Å². The van der Waals surface area contributed by atoms with E-state index in [-0.39, 0.29) is 42.6 Å². The number of benzene rings is 2. The van der Waals surface area contributed by atoms with E-state index in [2.05, 4.69) is 48.7 Å². The van der Waals surface area contributed by atoms with Gasteiger partial charge in [0.1, 0.15) is 11.6 Å². The third-order valence-corrected chi connectivity index (χ3v) is 6.71. The Bertz CT molecular complexity index is 927. The zero-order valence-corrected chi connectivity index (χ0v) is 21.1. The highest BCUT2D eigenvalue weighted by Gasteiger charge is 2.35. The molecule has 2 atom stereocenters. The summed E-state index contributed by atoms with van der Waals surface area (Å²) >= 11 is 0. The van der Waals surface area contributed by atoms with Crippen molar-refractivity contribution in [3.63, 3.8) is 0 Å². The van der Waals surface area contributed by atoms with Crippen LogP contribution in [0.2, 0.25) is 0 Å². The third-order valence-electron chi connectivity index (χ3n) is 6.71. The largest absolute Gasteiger partial charge is 0.508 e. The van der Waals surface area contributed by atoms with Gasteiger partial charge in [0.15, 0.2) is 0 Å². The molecule has 2 aromatic carbocycles. The second kappa shape index (κ2) is 12.5. The summed E-state index contributed by atoms with van der Waals surface area (Å²) in [6, 6.07) is 11.9. The molecule has 188 valence electrons. The van der Waals surface area contributed by atoms with Gasteiger partial charge in [0, 0.05) is 25.1 Å². The van der Waals surface area contributed by atoms with Crippen LogP contribution in [0.4, 0.5) is 4.39 Å². The van der Waals surface area contributed by atoms with Gasteiger partial charge in [0.25, 0.3) is 0 Å². The van der Waals surface area contributed by atoms with Crippen LogP contribution in [0.25, 0.3) is 0 Å². The number of rotatable bonds is 9. The molecule has 0 spiro atoms. The molecule has 0 bridgehead atoms. The molecule has 1 aliphatic carbocycles. The number of hydrogen-bond donors (Lipinski definition) is 4. The summed E-state index contributed by atoms with van der Waals surface area (Å²) in [6.45, 7) is 6.06. The van der Waals surface area contributed by atoms with Crippen molar-refractivity contribution in [2.75, 3.05) is 6.54 Å². The molecular weight excluding hydrogens is 455 g/mol. The van der Waals surface area contributed by atoms with Crippen molar-refractivity contribution < 1.29 is 19.4 Å². The number of phenolic OH excluding ortho intramolecular Hbond substituents is 1. The summed E-state index contributed by atoms with van der Waals surface area (Å²) in [5.41, 5.74) is 2.83. The molecule has 34 heavy (non-hydrogen) atoms. The lowest BCUT2D eigenvalue weighted by Gasteiger charge is -2.40. The number of amides is 1. The van der Waals surface area contributed by atoms with Gasteiger partial charge in [0.05, 0.1) is 12.1 Å². The van der Waals surface area contributed by atoms with Crippen molar-refractivity contribution in [3.8, 4) is 5.75 Å². The van der Waals surface area contributed by atoms with E-state index >= 15 is 0 Å². The molecular formula is C27H38ClFN2O3. The van der Waals surface area contributed by atoms with E-state index in [1.165, 1.54) is 36.6 Å². The van der Waals surface area contributed by atoms with Crippen LogP contribution in [0, 0.1) is 5.82 Å². The Morgan fingerprint density at radius 1 is 1.12 bits per heavy atom. The Kier molecular flexibility index (Phi) is 10.3. The van der Waals surface area contributed by atoms with E-state index in [9.17, 15) is 19.4 Å². The van der Waals surface area contributed by atoms with E-state index in [1.807, 2.05) is 0 Å². The molecule has 1 fully saturated rings. The first-order valence-electron chi connectivity index (χ1n) is 12.0. The summed E-state index contributed by atoms with van der Waals surface area (Å²) in [7, 11) is 0. The summed E-state index contributed by atoms with van der Waals surface area (Å²) in [5, 5.41) is 27.2. The summed E-state index contributed by atoms with van der Waals surface area (Å²) in [4.78, 5) is 11.8. The fourth-order valence-corrected chi connectivity index (χ4v) is 4.91. The monoisotopic (exact) mass is 492 g/mol. The van der Waals surface area contributed by atoms with Crippen LogP contribution in [-0.2, 0) is 16.8 Å². The van der Waals surface area contributed by atoms with Crippen molar-refractivity contribution in [1.29, 1.82) is 0 Å². The number of hydrogen-bond acceptors (Lipinski definition) is 4. The minimum Gasteiger partial charge on any atom is -0.508 e. The van der Waals surface area contributed by atoms with E-state index in [0.717, 1.165) is 31.7 Å². The standard InChI is InChI=1S/C27H37FN2O3.ClH/c1-18(2)21-8-7-9-22(15-21)27(10-5-4-6-11-27)29-17-26(33)25(30-19(3)31)14-20-12-23(28)16-24(32)13-20;/h7-9,12-13,15-16,18,25-26,29,32-33H,4-6,10-11,14,17H2,1-3H3,(H,30,31);1H/t25-,26+;/m0./s1. The van der Waals surface area contributed by atoms with E-state index in [0.29, 0.717) is 11.5 Å². The molecule has 2 aromatic rings. The highest BCUT2D eigenvalue weighted by atomic mass is 35.5. The van der Waals surface area contributed by atoms with E-state index in [4.69, 9.17) is 0 Å². The fourth-order valence-electron chi connectivity index (χ4n) is 4.91. The maximum Gasteiger partial charge on any atom is 0.217 e. The molecule has 3 rings (SSSR count). The molecule has 1 saturated carbocycles. The van der Waals surface area contributed by atoms with Crippen molar-refractivity contribution in [2.45, 2.75) is 82.9 Å². The summed E-state index contributed by atoms with van der Waals surface area (Å²) < 4.78 is 13.7. The second-order valence-electron chi connectivity index (χ2n) is 9.70. The molecule has 0 aromatic heterocycles. The van der Waals surface area contributed by atoms with Gasteiger partial charge in [-0.25, -0.2) is 4.39 Å². The van der Waals surface area contributed by atoms with Crippen molar-refractivity contribution in [2.24, 2.45) is 0 Å². The van der Waals surface area contributed by atoms with Gasteiger partial charge in [-0.2, -0.15) is 0 Å². The molecule has 0 saturated heterocycles. The van der Waals surface area contributed by atoms with Crippen molar-refractivity contribution in [1.82, 2.24) is 10.6 Å². The first kappa shape index (κ1) is 28.1. The lowest BCUT2D eigenvalue weighted by atomic mass is 9.75. The number of nitrogens with one attached hydrogen (secondary N) is 2. The van der Waals surface area contributed by atoms with Gasteiger partial charge in [-0.1, -0.05) is 57.4 Å². The van der Waals surface area contributed by atoms with Gasteiger partial charge in [0.2, 0.25) is 5.91 Å². The Labute approximate surface area is 208 Å². The molecule has 7 heteroatoms. The van der Waals surface area contributed by atoms with Crippen LogP contribution >= 0.6 is 12.4 Å². The van der Waals surface area contributed by atoms with Gasteiger partial charge < -0.3 is 20.8 Å². The maximum atomic E-state index is 13.7. The Balaban J connectivity index is 0.00000408. The topological polar surface area (TPSA) is 81.6 Å². The molecule has 0 aliphatic heterocycles. The van der Waals surface area contributed by atoms with Crippen LogP contribution in [0.1, 0.15) is 75.5 Å². The molecule has 0 radical (unpaired) electrons. The lowest BCUT2D eigenvalue weighted by molar-refractivity contribution is -0.120. The minimum atomic E-state index is -0.883. The number of aliphatic hydroxyl groups is 1. The van der Waals surface area contributed by atoms with Gasteiger partial charge >= 0.3 is 0 Å². The summed E-state index contributed by atoms with van der Waals surface area (Å²) in [5.74, 6) is -0.560. The third kappa shape index (κ3) is 7.42. The Morgan fingerprint density at radius 3 is 2.44 bits per heavy atom. The van der Waals surface area contributed by atoms with Crippen molar-refractivity contribution >= 4 is 18.3 Å². The highest BCUT2D eigenvalue weighted by molar-refractivity contribution is 5.85. The average Bonchev–Trinajstić information content (AvgIpc) is 2.77. The number of carbonyl (C=O) groups is 1. The van der Waals surface area contributed by atoms with Gasteiger partial charge in [-0.05, 0) is 54.0 Å². The van der Waals surface area contributed by atoms with Crippen LogP contribution in [0.15, 0.2) is 42.5 Å². The zero-order chi connectivity index (χ0) is 24.0. The normalized spacial score (nSPS) is 17.0. The molecule has 1 aliphatic rings. The fraction of sp³-hybridized carbons (Fsp3) is 0.519. The van der Waals surface area contributed by atoms with E-state index in [1.54, 1.807) is 0 Å². The zero-order valence-electron chi connectivity index (χ0n) is 20.3. The quantitative estimate of drug-likeness (QED) is 0.400. The predicted octanol–water partition coefficient (Wildman–Crippen LogP) is 4.93. The number of aromatic hydroxyl groups is 1. The number of halogens is 2. The van der Waals surface area contributed by atoms with Crippen molar-refractivity contribution in [3.05, 3.63) is 65.0 Å². The smallest absolute Gasteiger partial charge is 0.217 e. The van der Waals surface area contributed by atoms with Gasteiger partial charge in [-0.3, -0.25) is 4.79 Å². The van der Waals surface area contributed by atoms with Crippen LogP contribution in [-0.4, -0.2) is 34.8 Å². The molecule has 1 amide bonds. The van der Waals surface area contributed by atoms with Gasteiger partial charge in [-0.15, -0.1) is 12.4 Å². The average molecular weight is 493 g/mol. The number of aliphatic hydroxyl groups excluding tert-OH is 1. The Morgan fingerprint density at radius 2 is 1.82 bits per heavy atom. The highest BCUT2D eigenvalue weighted by Crippen LogP contribution is 2.38. The number of carbonyl (C=O) groups excluding carboxylic acids is 1. The number of phenols is 1. The minimum absolute atomic E-state index is 0. The molecule has 4 N–H and O–H groups in total.